The van der Waals surface area contributed by atoms with Crippen LogP contribution in [0, 0.1) is 11.8 Å². The zero-order chi connectivity index (χ0) is 97.9. The Hall–Kier alpha value is -8.25. The molecule has 41 nitrogen and oxygen atoms in total. The van der Waals surface area contributed by atoms with Gasteiger partial charge in [0.1, 0.15) is 32.9 Å². The molecule has 5 heterocycles. The van der Waals surface area contributed by atoms with Gasteiger partial charge in [0.2, 0.25) is 47.3 Å². The summed E-state index contributed by atoms with van der Waals surface area (Å²) in [7, 11) is 10.4. The summed E-state index contributed by atoms with van der Waals surface area (Å²) in [5.41, 5.74) is 18.8. The van der Waals surface area contributed by atoms with Crippen molar-refractivity contribution in [2.24, 2.45) is 34.8 Å². The third-order valence-corrected chi connectivity index (χ3v) is 24.9. The van der Waals surface area contributed by atoms with E-state index in [1.54, 1.807) is 131 Å². The van der Waals surface area contributed by atoms with Crippen LogP contribution in [-0.4, -0.2) is 277 Å². The minimum absolute atomic E-state index is 0.00183. The number of ketones is 1. The number of carbonyl (C=O) groups excluding carboxylic acids is 19. The van der Waals surface area contributed by atoms with Crippen LogP contribution < -0.4 is 54.8 Å². The fourth-order valence-electron chi connectivity index (χ4n) is 12.0. The average molecular weight is 1960 g/mol. The first-order valence-electron chi connectivity index (χ1n) is 44.2. The SMILES string of the molecule is CC.CC(C)(C)OC(=O)NCCC(=O)N(CCC(=O)ON1C(=O)CCC1=O)CCN(CCC(=O)ON1C(=O)CCC1=O)C(=O)CCNC(=O)OC(C)(C)C.CC(C)(C)OC(=O)NCCC(=O)N(CCCN(CCC(=O)NCCCC[C@H](NC1SS1)C(N)=O)C(=O)CCNC(=O)OC(C)(C)C)CCC(=O)CCCCC[C@H](CC1SS1)C(N)=O.NCCCC[C@H](CC1SS1)C(N)=O. The summed E-state index contributed by atoms with van der Waals surface area (Å²) in [4.78, 5) is 250. The van der Waals surface area contributed by atoms with Crippen molar-refractivity contribution in [1.29, 1.82) is 0 Å². The van der Waals surface area contributed by atoms with Crippen molar-refractivity contribution in [1.82, 2.24) is 61.6 Å². The Kier molecular flexibility index (Phi) is 56.4. The lowest BCUT2D eigenvalue weighted by atomic mass is 9.97. The molecule has 5 saturated heterocycles. The second kappa shape index (κ2) is 62.3. The molecule has 5 aliphatic heterocycles. The van der Waals surface area contributed by atoms with Crippen LogP contribution in [0.4, 0.5) is 19.2 Å². The molecule has 0 aromatic carbocycles. The minimum atomic E-state index is -0.983. The maximum absolute atomic E-state index is 13.5. The van der Waals surface area contributed by atoms with Gasteiger partial charge in [-0.2, -0.15) is 0 Å². The number of Topliss-reactive ketones (excluding diaryl/α,β-unsaturated/α-hetero) is 1. The number of unbranched alkanes of at least 4 members (excludes halogenated alkanes) is 4. The molecule has 0 unspecified atom stereocenters. The Balaban J connectivity index is 0.000000766. The molecule has 5 rings (SSSR count). The highest BCUT2D eigenvalue weighted by Crippen LogP contribution is 2.57. The highest BCUT2D eigenvalue weighted by atomic mass is 33.2. The summed E-state index contributed by atoms with van der Waals surface area (Å²) in [5, 5.41) is 16.9. The molecule has 0 bridgehead atoms. The lowest BCUT2D eigenvalue weighted by Crippen LogP contribution is -2.44. The van der Waals surface area contributed by atoms with Crippen LogP contribution in [-0.2, 0) is 101 Å². The van der Waals surface area contributed by atoms with E-state index in [0.29, 0.717) is 77.3 Å². The molecule has 740 valence electrons. The summed E-state index contributed by atoms with van der Waals surface area (Å²) < 4.78 is 22.1. The number of ether oxygens (including phenoxy) is 4. The lowest BCUT2D eigenvalue weighted by Gasteiger charge is -2.28. The van der Waals surface area contributed by atoms with E-state index >= 15 is 0 Å². The summed E-state index contributed by atoms with van der Waals surface area (Å²) >= 11 is 0. The smallest absolute Gasteiger partial charge is 0.407 e. The normalized spacial score (nSPS) is 14.9. The summed E-state index contributed by atoms with van der Waals surface area (Å²) in [6, 6.07) is -0.432. The van der Waals surface area contributed by atoms with E-state index in [2.05, 4.69) is 31.9 Å². The van der Waals surface area contributed by atoms with Gasteiger partial charge >= 0.3 is 36.3 Å². The fourth-order valence-corrected chi connectivity index (χ4v) is 15.8. The van der Waals surface area contributed by atoms with Gasteiger partial charge in [0.25, 0.3) is 23.6 Å². The number of hydrogen-bond donors (Lipinski definition) is 10. The van der Waals surface area contributed by atoms with Crippen molar-refractivity contribution in [3.05, 3.63) is 0 Å². The zero-order valence-corrected chi connectivity index (χ0v) is 82.8. The predicted molar refractivity (Wildman–Crippen MR) is 496 cm³/mol. The Morgan fingerprint density at radius 3 is 1.02 bits per heavy atom. The number of alkyl carbamates (subject to hydrolysis) is 4. The largest absolute Gasteiger partial charge is 0.444 e. The molecular weight excluding hydrogens is 1810 g/mol. The average Bonchev–Trinajstić information content (AvgIpc) is 1.72. The zero-order valence-electron chi connectivity index (χ0n) is 77.9. The van der Waals surface area contributed by atoms with E-state index in [1.807, 2.05) is 35.4 Å². The van der Waals surface area contributed by atoms with Gasteiger partial charge in [0.05, 0.1) is 28.0 Å². The highest BCUT2D eigenvalue weighted by Gasteiger charge is 2.37. The number of nitrogens with zero attached hydrogens (tertiary/aromatic N) is 6. The molecule has 0 saturated carbocycles. The number of amides is 16. The molecule has 47 heteroatoms. The van der Waals surface area contributed by atoms with Crippen molar-refractivity contribution < 1.29 is 120 Å². The Morgan fingerprint density at radius 1 is 0.369 bits per heavy atom. The number of rotatable bonds is 57. The van der Waals surface area contributed by atoms with Crippen LogP contribution in [0.25, 0.3) is 0 Å². The number of hydroxylamine groups is 4. The molecule has 0 radical (unpaired) electrons. The second-order valence-electron chi connectivity index (χ2n) is 34.5. The van der Waals surface area contributed by atoms with Crippen LogP contribution >= 0.6 is 64.8 Å². The molecule has 130 heavy (non-hydrogen) atoms. The first-order chi connectivity index (χ1) is 61.0. The first kappa shape index (κ1) is 118. The standard InChI is InChI=1S/C41H72N8O10S4.C32H48N6O14.C8H16N2OS2.C2H6/c1-40(2,3)58-37(56)45-21-16-32(52)48(25-18-29(50)14-9-7-8-13-28(35(42)54)27-34-60-61-34)23-12-24-49(33(53)17-22-46-38(57)59-41(4,5)6)26-19-31(51)44-20-11-10-15-30(36(43)55)47-39-62-63-39;1-31(2,3)49-29(47)33-15-11-21(39)35(17-13-27(45)51-37-23(41)7-8-24(37)42)19-20-36(22(40)12-16-34-30(48)50-32(4,5)6)18-14-28(46)52-38-25(43)9-10-26(38)44;9-4-2-1-3-6(8(10)11)5-7-12-13-7;1-2/h28,30,34,39,47H,7-27H2,1-6H3,(H2,42,54)(H2,43,55)(H,44,51)(H,45,56)(H,46,57);7-20H2,1-6H3,(H,33,47)(H,34,48);6-7H,1-5,9H2,(H2,10,11);1-2H3/t28-,30+;;6-;/m1.1./s1. The topological polar surface area (TPSA) is 575 Å². The van der Waals surface area contributed by atoms with Crippen molar-refractivity contribution >= 4 is 178 Å². The van der Waals surface area contributed by atoms with Gasteiger partial charge in [-0.3, -0.25) is 67.6 Å². The second-order valence-corrected chi connectivity index (χ2v) is 43.2. The van der Waals surface area contributed by atoms with E-state index in [-0.39, 0.29) is 195 Å². The Bertz CT molecular complexity index is 3460. The van der Waals surface area contributed by atoms with Crippen molar-refractivity contribution in [2.45, 2.75) is 306 Å². The summed E-state index contributed by atoms with van der Waals surface area (Å²) in [6.45, 7) is 24.8. The molecule has 0 aromatic heterocycles. The maximum Gasteiger partial charge on any atom is 0.407 e. The van der Waals surface area contributed by atoms with Crippen LogP contribution in [0.15, 0.2) is 0 Å². The van der Waals surface area contributed by atoms with Gasteiger partial charge in [-0.15, -0.1) is 10.1 Å². The Labute approximate surface area is 786 Å². The molecule has 0 aromatic rings. The summed E-state index contributed by atoms with van der Waals surface area (Å²) in [6.07, 6.45) is 5.42. The van der Waals surface area contributed by atoms with E-state index in [1.165, 1.54) is 14.7 Å². The van der Waals surface area contributed by atoms with Gasteiger partial charge in [-0.1, -0.05) is 97.9 Å². The summed E-state index contributed by atoms with van der Waals surface area (Å²) in [5.74, 6) is -7.64. The third kappa shape index (κ3) is 57.9. The highest BCUT2D eigenvalue weighted by molar-refractivity contribution is 8.93. The number of imide groups is 2. The van der Waals surface area contributed by atoms with Crippen LogP contribution in [0.1, 0.15) is 264 Å². The monoisotopic (exact) mass is 1950 g/mol. The molecule has 16 amide bonds. The molecule has 0 spiro atoms. The first-order valence-corrected chi connectivity index (χ1v) is 51.0. The van der Waals surface area contributed by atoms with Crippen LogP contribution in [0.2, 0.25) is 0 Å². The number of nitrogens with two attached hydrogens (primary N) is 4. The van der Waals surface area contributed by atoms with Gasteiger partial charge in [-0.25, -0.2) is 28.8 Å². The molecule has 5 aliphatic rings. The van der Waals surface area contributed by atoms with E-state index < -0.39 is 119 Å². The van der Waals surface area contributed by atoms with Gasteiger partial charge in [0, 0.05) is 168 Å². The van der Waals surface area contributed by atoms with Crippen molar-refractivity contribution in [3.63, 3.8) is 0 Å². The quantitative estimate of drug-likeness (QED) is 0.00920. The van der Waals surface area contributed by atoms with Crippen molar-refractivity contribution in [2.75, 3.05) is 91.6 Å². The van der Waals surface area contributed by atoms with E-state index in [0.717, 1.165) is 44.9 Å². The number of nitrogens with one attached hydrogen (secondary N) is 6. The minimum Gasteiger partial charge on any atom is -0.444 e. The lowest BCUT2D eigenvalue weighted by molar-refractivity contribution is -0.197. The van der Waals surface area contributed by atoms with E-state index in [4.69, 9.17) is 51.6 Å². The third-order valence-electron chi connectivity index (χ3n) is 18.6. The number of carbonyl (C=O) groups is 19. The van der Waals surface area contributed by atoms with Gasteiger partial charge < -0.3 is 97.7 Å². The van der Waals surface area contributed by atoms with Crippen LogP contribution in [0.3, 0.4) is 0 Å². The molecule has 5 fully saturated rings. The number of primary amides is 3. The Morgan fingerprint density at radius 2 is 0.700 bits per heavy atom. The van der Waals surface area contributed by atoms with E-state index in [9.17, 15) is 91.1 Å². The molecule has 0 aliphatic carbocycles. The van der Waals surface area contributed by atoms with Crippen LogP contribution in [0.5, 0.6) is 0 Å². The number of hydrogen-bond acceptors (Lipinski definition) is 33. The molecule has 3 atom stereocenters. The van der Waals surface area contributed by atoms with Crippen molar-refractivity contribution in [3.8, 4) is 0 Å². The predicted octanol–water partition coefficient (Wildman–Crippen LogP) is 7.61. The fraction of sp³-hybridized carbons (Fsp3) is 0.771. The van der Waals surface area contributed by atoms with Gasteiger partial charge in [0.15, 0.2) is 0 Å². The molecular formula is C83H142N16O25S6. The molecule has 14 N–H and O–H groups in total. The maximum atomic E-state index is 13.5. The van der Waals surface area contributed by atoms with Gasteiger partial charge in [-0.05, 0) is 154 Å².